The summed E-state index contributed by atoms with van der Waals surface area (Å²) in [7, 11) is 0. The molecule has 1 N–H and O–H groups in total. The SMILES string of the molecule is CC1CCC(CO)CN1C(=O)c1ccc(OCc2ccccn2)cc1. The highest BCUT2D eigenvalue weighted by atomic mass is 16.5. The molecular formula is C20H24N2O3. The van der Waals surface area contributed by atoms with Gasteiger partial charge in [0.1, 0.15) is 12.4 Å². The molecule has 2 atom stereocenters. The van der Waals surface area contributed by atoms with E-state index < -0.39 is 0 Å². The first kappa shape index (κ1) is 17.4. The zero-order valence-corrected chi connectivity index (χ0v) is 14.5. The maximum Gasteiger partial charge on any atom is 0.254 e. The Morgan fingerprint density at radius 2 is 2.04 bits per heavy atom. The van der Waals surface area contributed by atoms with Gasteiger partial charge < -0.3 is 14.7 Å². The second-order valence-corrected chi connectivity index (χ2v) is 6.57. The van der Waals surface area contributed by atoms with E-state index in [1.165, 1.54) is 0 Å². The second-order valence-electron chi connectivity index (χ2n) is 6.57. The lowest BCUT2D eigenvalue weighted by Crippen LogP contribution is -2.46. The topological polar surface area (TPSA) is 62.7 Å². The van der Waals surface area contributed by atoms with Crippen LogP contribution in [0.4, 0.5) is 0 Å². The first-order chi connectivity index (χ1) is 12.2. The molecule has 1 saturated heterocycles. The minimum absolute atomic E-state index is 0.0157. The van der Waals surface area contributed by atoms with Crippen molar-refractivity contribution in [1.82, 2.24) is 9.88 Å². The summed E-state index contributed by atoms with van der Waals surface area (Å²) in [5.74, 6) is 0.908. The van der Waals surface area contributed by atoms with Crippen molar-refractivity contribution in [2.24, 2.45) is 5.92 Å². The van der Waals surface area contributed by atoms with Crippen LogP contribution >= 0.6 is 0 Å². The molecule has 0 aliphatic carbocycles. The van der Waals surface area contributed by atoms with Crippen LogP contribution in [0.1, 0.15) is 35.8 Å². The predicted molar refractivity (Wildman–Crippen MR) is 95.3 cm³/mol. The number of hydrogen-bond acceptors (Lipinski definition) is 4. The third kappa shape index (κ3) is 4.37. The highest BCUT2D eigenvalue weighted by Crippen LogP contribution is 2.24. The lowest BCUT2D eigenvalue weighted by molar-refractivity contribution is 0.0489. The summed E-state index contributed by atoms with van der Waals surface area (Å²) in [5, 5.41) is 9.38. The Morgan fingerprint density at radius 3 is 2.72 bits per heavy atom. The quantitative estimate of drug-likeness (QED) is 0.909. The van der Waals surface area contributed by atoms with Gasteiger partial charge in [0.25, 0.3) is 5.91 Å². The van der Waals surface area contributed by atoms with Gasteiger partial charge in [0.15, 0.2) is 0 Å². The molecule has 2 heterocycles. The average Bonchev–Trinajstić information content (AvgIpc) is 2.67. The summed E-state index contributed by atoms with van der Waals surface area (Å²) in [6.45, 7) is 3.22. The molecule has 0 bridgehead atoms. The fourth-order valence-corrected chi connectivity index (χ4v) is 3.11. The molecule has 2 aromatic rings. The maximum atomic E-state index is 12.8. The van der Waals surface area contributed by atoms with E-state index in [-0.39, 0.29) is 24.5 Å². The Hall–Kier alpha value is -2.40. The number of pyridine rings is 1. The highest BCUT2D eigenvalue weighted by molar-refractivity contribution is 5.94. The number of nitrogens with zero attached hydrogens (tertiary/aromatic N) is 2. The van der Waals surface area contributed by atoms with E-state index in [1.54, 1.807) is 18.3 Å². The van der Waals surface area contributed by atoms with Crippen LogP contribution in [-0.2, 0) is 6.61 Å². The number of carbonyl (C=O) groups is 1. The van der Waals surface area contributed by atoms with Gasteiger partial charge in [-0.2, -0.15) is 0 Å². The summed E-state index contributed by atoms with van der Waals surface area (Å²) in [5.41, 5.74) is 1.51. The predicted octanol–water partition coefficient (Wildman–Crippen LogP) is 2.89. The van der Waals surface area contributed by atoms with Crippen LogP contribution in [0.2, 0.25) is 0 Å². The van der Waals surface area contributed by atoms with Gasteiger partial charge in [-0.15, -0.1) is 0 Å². The van der Waals surface area contributed by atoms with Gasteiger partial charge >= 0.3 is 0 Å². The van der Waals surface area contributed by atoms with Crippen LogP contribution in [0.25, 0.3) is 0 Å². The van der Waals surface area contributed by atoms with Crippen LogP contribution in [-0.4, -0.2) is 40.1 Å². The lowest BCUT2D eigenvalue weighted by Gasteiger charge is -2.37. The van der Waals surface area contributed by atoms with Crippen LogP contribution in [0, 0.1) is 5.92 Å². The monoisotopic (exact) mass is 340 g/mol. The molecule has 0 radical (unpaired) electrons. The van der Waals surface area contributed by atoms with Gasteiger partial charge in [0.2, 0.25) is 0 Å². The van der Waals surface area contributed by atoms with Crippen molar-refractivity contribution < 1.29 is 14.6 Å². The summed E-state index contributed by atoms with van der Waals surface area (Å²) < 4.78 is 5.71. The number of rotatable bonds is 5. The van der Waals surface area contributed by atoms with Crippen molar-refractivity contribution >= 4 is 5.91 Å². The van der Waals surface area contributed by atoms with Crippen molar-refractivity contribution in [3.8, 4) is 5.75 Å². The van der Waals surface area contributed by atoms with E-state index in [1.807, 2.05) is 35.2 Å². The van der Waals surface area contributed by atoms with E-state index in [2.05, 4.69) is 11.9 Å². The zero-order chi connectivity index (χ0) is 17.6. The third-order valence-electron chi connectivity index (χ3n) is 4.71. The molecule has 1 aromatic carbocycles. The minimum Gasteiger partial charge on any atom is -0.487 e. The van der Waals surface area contributed by atoms with Crippen LogP contribution in [0.15, 0.2) is 48.7 Å². The number of aliphatic hydroxyl groups excluding tert-OH is 1. The van der Waals surface area contributed by atoms with Gasteiger partial charge in [-0.1, -0.05) is 6.07 Å². The molecule has 5 heteroatoms. The fraction of sp³-hybridized carbons (Fsp3) is 0.400. The molecule has 1 amide bonds. The Kier molecular flexibility index (Phi) is 5.66. The van der Waals surface area contributed by atoms with Gasteiger partial charge in [-0.3, -0.25) is 9.78 Å². The molecule has 132 valence electrons. The average molecular weight is 340 g/mol. The number of carbonyl (C=O) groups excluding carboxylic acids is 1. The molecule has 1 fully saturated rings. The van der Waals surface area contributed by atoms with E-state index >= 15 is 0 Å². The third-order valence-corrected chi connectivity index (χ3v) is 4.71. The summed E-state index contributed by atoms with van der Waals surface area (Å²) in [4.78, 5) is 18.8. The van der Waals surface area contributed by atoms with Crippen molar-refractivity contribution in [3.05, 3.63) is 59.9 Å². The maximum absolute atomic E-state index is 12.8. The standard InChI is InChI=1S/C20H24N2O3/c1-15-5-6-16(13-23)12-22(15)20(24)17-7-9-19(10-8-17)25-14-18-4-2-3-11-21-18/h2-4,7-11,15-16,23H,5-6,12-14H2,1H3. The van der Waals surface area contributed by atoms with Gasteiger partial charge in [-0.05, 0) is 62.1 Å². The number of aromatic nitrogens is 1. The lowest BCUT2D eigenvalue weighted by atomic mass is 9.93. The summed E-state index contributed by atoms with van der Waals surface area (Å²) in [6, 6.07) is 13.1. The van der Waals surface area contributed by atoms with Crippen molar-refractivity contribution in [3.63, 3.8) is 0 Å². The van der Waals surface area contributed by atoms with E-state index in [0.29, 0.717) is 24.5 Å². The zero-order valence-electron chi connectivity index (χ0n) is 14.5. The number of benzene rings is 1. The number of hydrogen-bond donors (Lipinski definition) is 1. The molecule has 2 unspecified atom stereocenters. The van der Waals surface area contributed by atoms with Gasteiger partial charge in [0, 0.05) is 31.0 Å². The summed E-state index contributed by atoms with van der Waals surface area (Å²) in [6.07, 6.45) is 3.64. The largest absolute Gasteiger partial charge is 0.487 e. The normalized spacial score (nSPS) is 20.3. The van der Waals surface area contributed by atoms with E-state index in [4.69, 9.17) is 4.74 Å². The molecule has 3 rings (SSSR count). The van der Waals surface area contributed by atoms with Crippen molar-refractivity contribution in [1.29, 1.82) is 0 Å². The molecule has 5 nitrogen and oxygen atoms in total. The summed E-state index contributed by atoms with van der Waals surface area (Å²) >= 11 is 0. The highest BCUT2D eigenvalue weighted by Gasteiger charge is 2.29. The molecule has 0 saturated carbocycles. The Balaban J connectivity index is 1.62. The van der Waals surface area contributed by atoms with E-state index in [9.17, 15) is 9.90 Å². The molecule has 1 aromatic heterocycles. The Labute approximate surface area is 148 Å². The van der Waals surface area contributed by atoms with Crippen LogP contribution < -0.4 is 4.74 Å². The smallest absolute Gasteiger partial charge is 0.254 e. The van der Waals surface area contributed by atoms with Crippen LogP contribution in [0.3, 0.4) is 0 Å². The van der Waals surface area contributed by atoms with Gasteiger partial charge in [-0.25, -0.2) is 0 Å². The fourth-order valence-electron chi connectivity index (χ4n) is 3.11. The first-order valence-corrected chi connectivity index (χ1v) is 8.72. The van der Waals surface area contributed by atoms with Crippen molar-refractivity contribution in [2.75, 3.05) is 13.2 Å². The number of likely N-dealkylation sites (tertiary alicyclic amines) is 1. The van der Waals surface area contributed by atoms with E-state index in [0.717, 1.165) is 18.5 Å². The number of aliphatic hydroxyl groups is 1. The van der Waals surface area contributed by atoms with Crippen molar-refractivity contribution in [2.45, 2.75) is 32.4 Å². The molecule has 1 aliphatic heterocycles. The molecule has 0 spiro atoms. The van der Waals surface area contributed by atoms with Gasteiger partial charge in [0.05, 0.1) is 5.69 Å². The minimum atomic E-state index is 0.0157. The van der Waals surface area contributed by atoms with Crippen LogP contribution in [0.5, 0.6) is 5.75 Å². The molecule has 25 heavy (non-hydrogen) atoms. The molecular weight excluding hydrogens is 316 g/mol. The first-order valence-electron chi connectivity index (χ1n) is 8.72. The second kappa shape index (κ2) is 8.12. The Bertz CT molecular complexity index is 688. The number of amides is 1. The Morgan fingerprint density at radius 1 is 1.24 bits per heavy atom. The molecule has 1 aliphatic rings. The number of ether oxygens (including phenoxy) is 1. The number of piperidine rings is 1.